The molecule has 1 heterocycles. The second-order valence-corrected chi connectivity index (χ2v) is 3.09. The fourth-order valence-corrected chi connectivity index (χ4v) is 0.768. The van der Waals surface area contributed by atoms with Crippen LogP contribution in [0.25, 0.3) is 0 Å². The van der Waals surface area contributed by atoms with Crippen molar-refractivity contribution in [1.82, 2.24) is 0 Å². The van der Waals surface area contributed by atoms with Crippen LogP contribution in [-0.4, -0.2) is 30.8 Å². The molecule has 0 saturated carbocycles. The first-order valence-corrected chi connectivity index (χ1v) is 3.41. The van der Waals surface area contributed by atoms with Gasteiger partial charge in [-0.2, -0.15) is 0 Å². The number of nitrogens with zero attached hydrogens (tertiary/aromatic N) is 1. The van der Waals surface area contributed by atoms with Crippen molar-refractivity contribution in [2.75, 3.05) is 19.8 Å². The lowest BCUT2D eigenvalue weighted by Crippen LogP contribution is -2.35. The van der Waals surface area contributed by atoms with Crippen molar-refractivity contribution in [3.05, 3.63) is 0 Å². The third-order valence-electron chi connectivity index (χ3n) is 1.69. The molecule has 0 bridgehead atoms. The number of aliphatic imine (C=N–C) groups is 1. The molecule has 0 fully saturated rings. The monoisotopic (exact) mass is 143 g/mol. The smallest absolute Gasteiger partial charge is 0.179 e. The lowest BCUT2D eigenvalue weighted by molar-refractivity contribution is 0.0701. The zero-order valence-corrected chi connectivity index (χ0v) is 6.42. The zero-order chi connectivity index (χ0) is 7.61. The van der Waals surface area contributed by atoms with Gasteiger partial charge in [-0.3, -0.25) is 4.99 Å². The fraction of sp³-hybridized carbons (Fsp3) is 0.857. The Morgan fingerprint density at radius 3 is 2.90 bits per heavy atom. The van der Waals surface area contributed by atoms with Crippen molar-refractivity contribution in [1.29, 1.82) is 0 Å². The van der Waals surface area contributed by atoms with Gasteiger partial charge in [0.1, 0.15) is 0 Å². The van der Waals surface area contributed by atoms with Crippen molar-refractivity contribution in [3.63, 3.8) is 0 Å². The van der Waals surface area contributed by atoms with E-state index in [-0.39, 0.29) is 12.0 Å². The Kier molecular flexibility index (Phi) is 1.94. The van der Waals surface area contributed by atoms with Gasteiger partial charge < -0.3 is 9.84 Å². The van der Waals surface area contributed by atoms with Crippen LogP contribution in [0.3, 0.4) is 0 Å². The van der Waals surface area contributed by atoms with E-state index in [1.54, 1.807) is 0 Å². The number of aliphatic hydroxyl groups is 1. The second-order valence-electron chi connectivity index (χ2n) is 3.09. The summed E-state index contributed by atoms with van der Waals surface area (Å²) in [6.45, 7) is 5.19. The van der Waals surface area contributed by atoms with Crippen LogP contribution in [-0.2, 0) is 4.74 Å². The number of hydrogen-bond acceptors (Lipinski definition) is 3. The van der Waals surface area contributed by atoms with E-state index in [1.807, 2.05) is 13.8 Å². The zero-order valence-electron chi connectivity index (χ0n) is 6.42. The summed E-state index contributed by atoms with van der Waals surface area (Å²) in [6, 6.07) is 0. The Morgan fingerprint density at radius 2 is 2.50 bits per heavy atom. The highest BCUT2D eigenvalue weighted by atomic mass is 16.5. The first kappa shape index (κ1) is 7.54. The van der Waals surface area contributed by atoms with Gasteiger partial charge in [0.15, 0.2) is 5.90 Å². The van der Waals surface area contributed by atoms with Gasteiger partial charge in [0.25, 0.3) is 0 Å². The summed E-state index contributed by atoms with van der Waals surface area (Å²) >= 11 is 0. The lowest BCUT2D eigenvalue weighted by Gasteiger charge is -2.28. The molecular formula is C7H13NO2. The van der Waals surface area contributed by atoms with Crippen LogP contribution in [0, 0.1) is 5.41 Å². The maximum absolute atomic E-state index is 8.89. The molecule has 0 aromatic carbocycles. The Balaban J connectivity index is 2.56. The summed E-state index contributed by atoms with van der Waals surface area (Å²) in [5, 5.41) is 8.89. The quantitative estimate of drug-likeness (QED) is 0.578. The molecule has 0 aromatic rings. The van der Waals surface area contributed by atoms with Crippen molar-refractivity contribution in [2.24, 2.45) is 10.4 Å². The topological polar surface area (TPSA) is 41.8 Å². The molecule has 3 nitrogen and oxygen atoms in total. The molecule has 0 amide bonds. The van der Waals surface area contributed by atoms with Crippen LogP contribution in [0.4, 0.5) is 0 Å². The third kappa shape index (κ3) is 1.48. The highest BCUT2D eigenvalue weighted by Crippen LogP contribution is 2.19. The van der Waals surface area contributed by atoms with Crippen molar-refractivity contribution in [2.45, 2.75) is 13.8 Å². The molecule has 0 spiro atoms. The summed E-state index contributed by atoms with van der Waals surface area (Å²) in [4.78, 5) is 4.09. The van der Waals surface area contributed by atoms with E-state index in [2.05, 4.69) is 4.99 Å². The molecular weight excluding hydrogens is 130 g/mol. The standard InChI is InChI=1S/C7H13NO2/c1-6-8-3-7(2,4-9)5-10-6/h9H,3-5H2,1-2H3. The largest absolute Gasteiger partial charge is 0.480 e. The van der Waals surface area contributed by atoms with Crippen molar-refractivity contribution < 1.29 is 9.84 Å². The maximum atomic E-state index is 8.89. The van der Waals surface area contributed by atoms with Gasteiger partial charge in [-0.1, -0.05) is 6.92 Å². The minimum Gasteiger partial charge on any atom is -0.480 e. The van der Waals surface area contributed by atoms with Gasteiger partial charge in [0.05, 0.1) is 19.8 Å². The number of rotatable bonds is 1. The summed E-state index contributed by atoms with van der Waals surface area (Å²) in [5.41, 5.74) is -0.153. The van der Waals surface area contributed by atoms with E-state index >= 15 is 0 Å². The van der Waals surface area contributed by atoms with E-state index < -0.39 is 0 Å². The molecule has 1 rings (SSSR count). The molecule has 58 valence electrons. The molecule has 1 unspecified atom stereocenters. The van der Waals surface area contributed by atoms with Crippen molar-refractivity contribution in [3.8, 4) is 0 Å². The van der Waals surface area contributed by atoms with Crippen LogP contribution >= 0.6 is 0 Å². The molecule has 3 heteroatoms. The molecule has 1 atom stereocenters. The minimum absolute atomic E-state index is 0.143. The molecule has 1 N–H and O–H groups in total. The average Bonchev–Trinajstić information content (AvgIpc) is 1.96. The predicted octanol–water partition coefficient (Wildman–Crippen LogP) is 0.434. The average molecular weight is 143 g/mol. The summed E-state index contributed by atoms with van der Waals surface area (Å²) < 4.78 is 5.17. The van der Waals surface area contributed by atoms with Gasteiger partial charge >= 0.3 is 0 Å². The third-order valence-corrected chi connectivity index (χ3v) is 1.69. The number of hydrogen-bond donors (Lipinski definition) is 1. The van der Waals surface area contributed by atoms with E-state index in [0.29, 0.717) is 13.2 Å². The minimum atomic E-state index is -0.153. The second kappa shape index (κ2) is 2.58. The molecule has 0 saturated heterocycles. The molecule has 1 aliphatic heterocycles. The van der Waals surface area contributed by atoms with Crippen LogP contribution < -0.4 is 0 Å². The Morgan fingerprint density at radius 1 is 1.80 bits per heavy atom. The van der Waals surface area contributed by atoms with E-state index in [1.165, 1.54) is 0 Å². The van der Waals surface area contributed by atoms with Gasteiger partial charge in [0.2, 0.25) is 0 Å². The van der Waals surface area contributed by atoms with Gasteiger partial charge in [-0.05, 0) is 0 Å². The summed E-state index contributed by atoms with van der Waals surface area (Å²) in [7, 11) is 0. The van der Waals surface area contributed by atoms with Gasteiger partial charge in [-0.25, -0.2) is 0 Å². The van der Waals surface area contributed by atoms with E-state index in [4.69, 9.17) is 9.84 Å². The Labute approximate surface area is 60.7 Å². The van der Waals surface area contributed by atoms with Crippen LogP contribution in [0.1, 0.15) is 13.8 Å². The summed E-state index contributed by atoms with van der Waals surface area (Å²) in [6.07, 6.45) is 0. The lowest BCUT2D eigenvalue weighted by atomic mass is 9.93. The first-order chi connectivity index (χ1) is 4.66. The highest BCUT2D eigenvalue weighted by molar-refractivity contribution is 5.73. The van der Waals surface area contributed by atoms with Gasteiger partial charge in [0, 0.05) is 12.3 Å². The van der Waals surface area contributed by atoms with E-state index in [9.17, 15) is 0 Å². The SMILES string of the molecule is CC1=NCC(C)(CO)CO1. The van der Waals surface area contributed by atoms with Crippen LogP contribution in [0.15, 0.2) is 4.99 Å². The normalized spacial score (nSPS) is 32.9. The summed E-state index contributed by atoms with van der Waals surface area (Å²) in [5.74, 6) is 0.728. The predicted molar refractivity (Wildman–Crippen MR) is 39.1 cm³/mol. The fourth-order valence-electron chi connectivity index (χ4n) is 0.768. The van der Waals surface area contributed by atoms with Gasteiger partial charge in [-0.15, -0.1) is 0 Å². The molecule has 0 aliphatic carbocycles. The van der Waals surface area contributed by atoms with E-state index in [0.717, 1.165) is 5.90 Å². The highest BCUT2D eigenvalue weighted by Gasteiger charge is 2.27. The molecule has 10 heavy (non-hydrogen) atoms. The van der Waals surface area contributed by atoms with Crippen molar-refractivity contribution >= 4 is 5.90 Å². The maximum Gasteiger partial charge on any atom is 0.179 e. The Bertz CT molecular complexity index is 156. The van der Waals surface area contributed by atoms with Crippen LogP contribution in [0.5, 0.6) is 0 Å². The number of ether oxygens (including phenoxy) is 1. The molecule has 0 radical (unpaired) electrons. The molecule has 1 aliphatic rings. The first-order valence-electron chi connectivity index (χ1n) is 3.41. The van der Waals surface area contributed by atoms with Crippen LogP contribution in [0.2, 0.25) is 0 Å². The molecule has 0 aromatic heterocycles. The number of aliphatic hydroxyl groups excluding tert-OH is 1. The Hall–Kier alpha value is -0.570.